The van der Waals surface area contributed by atoms with Crippen molar-refractivity contribution < 1.29 is 0 Å². The number of nitrogens with zero attached hydrogens (tertiary/aromatic N) is 3. The Bertz CT molecular complexity index is 1070. The van der Waals surface area contributed by atoms with E-state index >= 15 is 0 Å². The average molecular weight is 352 g/mol. The number of hydrogen-bond donors (Lipinski definition) is 3. The molecule has 0 saturated heterocycles. The van der Waals surface area contributed by atoms with E-state index in [0.29, 0.717) is 28.8 Å². The molecule has 0 spiro atoms. The molecule has 134 valence electrons. The summed E-state index contributed by atoms with van der Waals surface area (Å²) in [7, 11) is 1.80. The van der Waals surface area contributed by atoms with Crippen molar-refractivity contribution in [2.75, 3.05) is 12.4 Å². The largest absolute Gasteiger partial charge is 0.373 e. The summed E-state index contributed by atoms with van der Waals surface area (Å²) in [6, 6.07) is 3.87. The van der Waals surface area contributed by atoms with E-state index in [1.807, 2.05) is 12.1 Å². The number of aromatic nitrogens is 5. The first-order chi connectivity index (χ1) is 12.7. The van der Waals surface area contributed by atoms with Crippen LogP contribution in [0.15, 0.2) is 27.9 Å². The van der Waals surface area contributed by atoms with Crippen molar-refractivity contribution in [1.29, 1.82) is 0 Å². The van der Waals surface area contributed by atoms with Crippen molar-refractivity contribution in [2.45, 2.75) is 31.7 Å². The van der Waals surface area contributed by atoms with E-state index in [-0.39, 0.29) is 11.7 Å². The monoisotopic (exact) mass is 352 g/mol. The molecule has 3 aromatic rings. The van der Waals surface area contributed by atoms with Crippen LogP contribution in [0.25, 0.3) is 22.6 Å². The quantitative estimate of drug-likeness (QED) is 0.650. The Morgan fingerprint density at radius 3 is 2.46 bits per heavy atom. The summed E-state index contributed by atoms with van der Waals surface area (Å²) >= 11 is 0. The van der Waals surface area contributed by atoms with Crippen LogP contribution in [0.4, 0.5) is 5.82 Å². The Morgan fingerprint density at radius 2 is 1.88 bits per heavy atom. The molecule has 2 aliphatic rings. The number of imidazole rings is 1. The maximum atomic E-state index is 12.6. The molecule has 5 rings (SSSR count). The second-order valence-electron chi connectivity index (χ2n) is 7.26. The minimum Gasteiger partial charge on any atom is -0.373 e. The third-order valence-corrected chi connectivity index (χ3v) is 5.38. The predicted molar refractivity (Wildman–Crippen MR) is 98.2 cm³/mol. The normalized spacial score (nSPS) is 17.2. The zero-order valence-corrected chi connectivity index (χ0v) is 14.5. The van der Waals surface area contributed by atoms with Gasteiger partial charge in [0.2, 0.25) is 0 Å². The maximum Gasteiger partial charge on any atom is 0.330 e. The van der Waals surface area contributed by atoms with Crippen LogP contribution >= 0.6 is 0 Å². The molecule has 2 saturated carbocycles. The molecular formula is C18H20N6O2. The Kier molecular flexibility index (Phi) is 3.28. The summed E-state index contributed by atoms with van der Waals surface area (Å²) in [5, 5.41) is 2.97. The molecule has 0 bridgehead atoms. The van der Waals surface area contributed by atoms with Gasteiger partial charge in [0.25, 0.3) is 5.56 Å². The number of H-pyrrole nitrogens is 2. The van der Waals surface area contributed by atoms with E-state index in [4.69, 9.17) is 0 Å². The summed E-state index contributed by atoms with van der Waals surface area (Å²) in [5.41, 5.74) is 0.796. The number of hydrogen-bond acceptors (Lipinski definition) is 5. The molecule has 0 amide bonds. The molecule has 0 atom stereocenters. The number of nitrogens with one attached hydrogen (secondary N) is 3. The Labute approximate surface area is 148 Å². The Hall–Kier alpha value is -2.90. The van der Waals surface area contributed by atoms with E-state index in [0.717, 1.165) is 37.1 Å². The van der Waals surface area contributed by atoms with Gasteiger partial charge < -0.3 is 10.3 Å². The molecule has 0 aliphatic heterocycles. The maximum absolute atomic E-state index is 12.6. The van der Waals surface area contributed by atoms with Gasteiger partial charge in [-0.15, -0.1) is 0 Å². The molecule has 8 nitrogen and oxygen atoms in total. The number of aromatic amines is 2. The fraction of sp³-hybridized carbons (Fsp3) is 0.444. The van der Waals surface area contributed by atoms with Gasteiger partial charge in [-0.1, -0.05) is 0 Å². The lowest BCUT2D eigenvalue weighted by Crippen LogP contribution is -2.34. The highest BCUT2D eigenvalue weighted by Gasteiger charge is 2.44. The van der Waals surface area contributed by atoms with Crippen molar-refractivity contribution >= 4 is 17.0 Å². The molecule has 0 radical (unpaired) electrons. The van der Waals surface area contributed by atoms with Gasteiger partial charge in [0.1, 0.15) is 17.2 Å². The number of anilines is 1. The predicted octanol–water partition coefficient (Wildman–Crippen LogP) is 1.88. The zero-order chi connectivity index (χ0) is 17.8. The lowest BCUT2D eigenvalue weighted by molar-refractivity contribution is 0.388. The number of fused-ring (bicyclic) bond motifs is 1. The molecule has 8 heteroatoms. The lowest BCUT2D eigenvalue weighted by atomic mass is 10.1. The van der Waals surface area contributed by atoms with E-state index in [9.17, 15) is 9.59 Å². The van der Waals surface area contributed by atoms with Gasteiger partial charge >= 0.3 is 5.69 Å². The molecule has 3 aromatic heterocycles. The first kappa shape index (κ1) is 15.4. The molecular weight excluding hydrogens is 332 g/mol. The highest BCUT2D eigenvalue weighted by atomic mass is 16.2. The van der Waals surface area contributed by atoms with Crippen LogP contribution in [0.2, 0.25) is 0 Å². The van der Waals surface area contributed by atoms with Crippen LogP contribution in [0.5, 0.6) is 0 Å². The van der Waals surface area contributed by atoms with Crippen LogP contribution in [0, 0.1) is 11.8 Å². The average Bonchev–Trinajstić information content (AvgIpc) is 3.57. The van der Waals surface area contributed by atoms with Gasteiger partial charge in [-0.05, 0) is 49.7 Å². The molecule has 2 fully saturated rings. The third-order valence-electron chi connectivity index (χ3n) is 5.38. The van der Waals surface area contributed by atoms with Crippen LogP contribution < -0.4 is 16.6 Å². The summed E-state index contributed by atoms with van der Waals surface area (Å²) in [5.74, 6) is 2.34. The van der Waals surface area contributed by atoms with Gasteiger partial charge in [-0.2, -0.15) is 0 Å². The van der Waals surface area contributed by atoms with Crippen LogP contribution in [0.1, 0.15) is 31.7 Å². The zero-order valence-electron chi connectivity index (χ0n) is 14.5. The van der Waals surface area contributed by atoms with E-state index in [1.165, 1.54) is 0 Å². The summed E-state index contributed by atoms with van der Waals surface area (Å²) in [6.07, 6.45) is 6.25. The summed E-state index contributed by atoms with van der Waals surface area (Å²) in [6.45, 7) is 0. The fourth-order valence-electron chi connectivity index (χ4n) is 3.79. The number of rotatable bonds is 5. The van der Waals surface area contributed by atoms with Crippen molar-refractivity contribution in [2.24, 2.45) is 11.8 Å². The van der Waals surface area contributed by atoms with Gasteiger partial charge in [0.05, 0.1) is 0 Å². The van der Waals surface area contributed by atoms with Crippen molar-refractivity contribution in [1.82, 2.24) is 24.5 Å². The lowest BCUT2D eigenvalue weighted by Gasteiger charge is -2.18. The van der Waals surface area contributed by atoms with Crippen molar-refractivity contribution in [3.05, 3.63) is 39.2 Å². The molecule has 3 N–H and O–H groups in total. The smallest absolute Gasteiger partial charge is 0.330 e. The first-order valence-electron chi connectivity index (χ1n) is 9.04. The van der Waals surface area contributed by atoms with Gasteiger partial charge in [0.15, 0.2) is 5.65 Å². The number of pyridine rings is 1. The minimum atomic E-state index is -0.426. The van der Waals surface area contributed by atoms with Gasteiger partial charge in [-0.25, -0.2) is 14.8 Å². The second-order valence-corrected chi connectivity index (χ2v) is 7.26. The van der Waals surface area contributed by atoms with Gasteiger partial charge in [-0.3, -0.25) is 14.3 Å². The molecule has 3 heterocycles. The van der Waals surface area contributed by atoms with E-state index in [1.54, 1.807) is 17.8 Å². The van der Waals surface area contributed by atoms with Gasteiger partial charge in [0, 0.05) is 24.8 Å². The van der Waals surface area contributed by atoms with Crippen LogP contribution in [-0.2, 0) is 0 Å². The topological polar surface area (TPSA) is 108 Å². The highest BCUT2D eigenvalue weighted by Crippen LogP contribution is 2.51. The van der Waals surface area contributed by atoms with Crippen LogP contribution in [-0.4, -0.2) is 31.6 Å². The van der Waals surface area contributed by atoms with E-state index in [2.05, 4.69) is 25.3 Å². The van der Waals surface area contributed by atoms with Crippen molar-refractivity contribution in [3.8, 4) is 11.4 Å². The Morgan fingerprint density at radius 1 is 1.15 bits per heavy atom. The second kappa shape index (κ2) is 5.55. The van der Waals surface area contributed by atoms with Crippen LogP contribution in [0.3, 0.4) is 0 Å². The van der Waals surface area contributed by atoms with Crippen molar-refractivity contribution in [3.63, 3.8) is 0 Å². The molecule has 2 aliphatic carbocycles. The fourth-order valence-corrected chi connectivity index (χ4v) is 3.79. The molecule has 0 unspecified atom stereocenters. The first-order valence-corrected chi connectivity index (χ1v) is 9.04. The summed E-state index contributed by atoms with van der Waals surface area (Å²) in [4.78, 5) is 39.4. The van der Waals surface area contributed by atoms with E-state index < -0.39 is 5.56 Å². The summed E-state index contributed by atoms with van der Waals surface area (Å²) < 4.78 is 1.72. The molecule has 0 aromatic carbocycles. The Balaban J connectivity index is 1.69. The SMILES string of the molecule is CNc1ccc(-c2nc3c([nH]2)c(=O)[nH]c(=O)n3C(C2CC2)C2CC2)cn1. The third kappa shape index (κ3) is 2.44. The highest BCUT2D eigenvalue weighted by molar-refractivity contribution is 5.75. The standard InChI is InChI=1S/C18H20N6O2/c1-19-12-7-6-11(8-20-12)15-21-13-16(22-15)24(18(26)23-17(13)25)14(9-2-3-9)10-4-5-10/h6-10,14H,2-5H2,1H3,(H,19,20)(H,21,22)(H,23,25,26). The minimum absolute atomic E-state index is 0.141. The molecule has 26 heavy (non-hydrogen) atoms.